The van der Waals surface area contributed by atoms with Gasteiger partial charge in [-0.2, -0.15) is 9.97 Å². The molecule has 0 spiro atoms. The Hall–Kier alpha value is -2.50. The third kappa shape index (κ3) is 5.75. The van der Waals surface area contributed by atoms with Crippen LogP contribution < -0.4 is 5.32 Å². The second-order valence-electron chi connectivity index (χ2n) is 6.84. The number of imidazole rings is 1. The molecule has 0 aliphatic rings. The summed E-state index contributed by atoms with van der Waals surface area (Å²) in [5, 5.41) is 20.8. The molecule has 2 aromatic heterocycles. The van der Waals surface area contributed by atoms with E-state index in [9.17, 15) is 9.59 Å². The van der Waals surface area contributed by atoms with Crippen molar-refractivity contribution >= 4 is 40.5 Å². The highest BCUT2D eigenvalue weighted by molar-refractivity contribution is 6.28. The number of rotatable bonds is 11. The number of carboxylic acids is 2. The molecule has 0 fully saturated rings. The van der Waals surface area contributed by atoms with E-state index in [1.807, 2.05) is 13.8 Å². The summed E-state index contributed by atoms with van der Waals surface area (Å²) in [6.45, 7) is 5.47. The number of hydrogen-bond acceptors (Lipinski definition) is 8. The summed E-state index contributed by atoms with van der Waals surface area (Å²) in [5.74, 6) is -2.42. The topological polar surface area (TPSA) is 149 Å². The van der Waals surface area contributed by atoms with Gasteiger partial charge in [0.2, 0.25) is 5.28 Å². The third-order valence-corrected chi connectivity index (χ3v) is 4.12. The Morgan fingerprint density at radius 1 is 1.24 bits per heavy atom. The van der Waals surface area contributed by atoms with E-state index in [4.69, 9.17) is 31.3 Å². The van der Waals surface area contributed by atoms with Crippen LogP contribution in [0.2, 0.25) is 5.28 Å². The number of anilines is 1. The minimum atomic E-state index is -1.96. The second-order valence-corrected chi connectivity index (χ2v) is 7.17. The Kier molecular flexibility index (Phi) is 7.71. The van der Waals surface area contributed by atoms with Gasteiger partial charge in [0.25, 0.3) is 6.10 Å². The van der Waals surface area contributed by atoms with Crippen LogP contribution in [0.3, 0.4) is 0 Å². The first-order chi connectivity index (χ1) is 13.6. The highest BCUT2D eigenvalue weighted by Gasteiger charge is 2.28. The average Bonchev–Trinajstić information content (AvgIpc) is 3.03. The average molecular weight is 430 g/mol. The van der Waals surface area contributed by atoms with Gasteiger partial charge in [-0.1, -0.05) is 13.8 Å². The number of fused-ring (bicyclic) bond motifs is 1. The predicted molar refractivity (Wildman–Crippen MR) is 104 cm³/mol. The lowest BCUT2D eigenvalue weighted by molar-refractivity contribution is -0.170. The summed E-state index contributed by atoms with van der Waals surface area (Å²) in [6.07, 6.45) is -0.911. The van der Waals surface area contributed by atoms with Crippen LogP contribution >= 0.6 is 11.6 Å². The lowest BCUT2D eigenvalue weighted by Crippen LogP contribution is -2.35. The second kappa shape index (κ2) is 9.81. The molecule has 0 aromatic carbocycles. The molecular weight excluding hydrogens is 406 g/mol. The summed E-state index contributed by atoms with van der Waals surface area (Å²) in [5.41, 5.74) is 0.997. The molecule has 0 saturated carbocycles. The first-order valence-electron chi connectivity index (χ1n) is 8.94. The van der Waals surface area contributed by atoms with Crippen LogP contribution in [0.5, 0.6) is 0 Å². The van der Waals surface area contributed by atoms with Crippen molar-refractivity contribution in [3.63, 3.8) is 0 Å². The molecule has 0 bridgehead atoms. The summed E-state index contributed by atoms with van der Waals surface area (Å²) in [7, 11) is 1.69. The van der Waals surface area contributed by atoms with Crippen LogP contribution in [0.4, 0.5) is 5.82 Å². The number of halogens is 1. The SMILES string of the molecule is CNc1nc(Cl)nc2c1ncn2C(CC(C)C)OC(C)COC(C(=O)O)C(=O)O. The number of carbonyl (C=O) groups is 2. The standard InChI is InChI=1S/C17H24ClN5O6/c1-8(2)5-10(29-9(3)6-28-12(15(24)25)16(26)27)23-7-20-11-13(19-4)21-17(18)22-14(11)23/h7-10,12H,5-6H2,1-4H3,(H,24,25)(H,26,27)(H,19,21,22). The summed E-state index contributed by atoms with van der Waals surface area (Å²) < 4.78 is 12.7. The lowest BCUT2D eigenvalue weighted by atomic mass is 10.1. The fraction of sp³-hybridized carbons (Fsp3) is 0.588. The maximum Gasteiger partial charge on any atom is 0.344 e. The number of ether oxygens (including phenoxy) is 2. The van der Waals surface area contributed by atoms with Gasteiger partial charge in [-0.05, 0) is 30.9 Å². The first kappa shape index (κ1) is 22.8. The van der Waals surface area contributed by atoms with Crippen molar-refractivity contribution in [2.24, 2.45) is 5.92 Å². The molecule has 0 aliphatic carbocycles. The number of carboxylic acid groups (broad SMARTS) is 2. The number of aromatic nitrogens is 4. The zero-order chi connectivity index (χ0) is 21.7. The molecule has 11 nitrogen and oxygen atoms in total. The molecule has 160 valence electrons. The Morgan fingerprint density at radius 2 is 1.90 bits per heavy atom. The van der Waals surface area contributed by atoms with Crippen LogP contribution in [0.25, 0.3) is 11.2 Å². The van der Waals surface area contributed by atoms with E-state index in [-0.39, 0.29) is 17.8 Å². The summed E-state index contributed by atoms with van der Waals surface area (Å²) >= 11 is 6.02. The van der Waals surface area contributed by atoms with Gasteiger partial charge in [0.1, 0.15) is 6.23 Å². The predicted octanol–water partition coefficient (Wildman–Crippen LogP) is 2.03. The Balaban J connectivity index is 2.24. The van der Waals surface area contributed by atoms with Gasteiger partial charge >= 0.3 is 11.9 Å². The van der Waals surface area contributed by atoms with E-state index in [0.29, 0.717) is 23.4 Å². The summed E-state index contributed by atoms with van der Waals surface area (Å²) in [6, 6.07) is 0. The summed E-state index contributed by atoms with van der Waals surface area (Å²) in [4.78, 5) is 34.6. The van der Waals surface area contributed by atoms with Gasteiger partial charge in [0.05, 0.1) is 19.0 Å². The monoisotopic (exact) mass is 429 g/mol. The number of aliphatic carboxylic acids is 2. The fourth-order valence-corrected chi connectivity index (χ4v) is 2.86. The van der Waals surface area contributed by atoms with Crippen molar-refractivity contribution < 1.29 is 29.3 Å². The molecule has 3 N–H and O–H groups in total. The molecule has 2 heterocycles. The van der Waals surface area contributed by atoms with Crippen molar-refractivity contribution in [2.45, 2.75) is 45.6 Å². The third-order valence-electron chi connectivity index (χ3n) is 3.95. The van der Waals surface area contributed by atoms with Crippen molar-refractivity contribution in [3.05, 3.63) is 11.6 Å². The van der Waals surface area contributed by atoms with Crippen molar-refractivity contribution in [2.75, 3.05) is 19.0 Å². The van der Waals surface area contributed by atoms with Gasteiger partial charge < -0.3 is 25.0 Å². The van der Waals surface area contributed by atoms with Gasteiger partial charge in [-0.15, -0.1) is 0 Å². The molecule has 2 unspecified atom stereocenters. The highest BCUT2D eigenvalue weighted by atomic mass is 35.5. The zero-order valence-electron chi connectivity index (χ0n) is 16.5. The van der Waals surface area contributed by atoms with Gasteiger partial charge in [0.15, 0.2) is 17.0 Å². The minimum Gasteiger partial charge on any atom is -0.479 e. The molecule has 29 heavy (non-hydrogen) atoms. The van der Waals surface area contributed by atoms with Crippen LogP contribution in [0.1, 0.15) is 33.4 Å². The highest BCUT2D eigenvalue weighted by Crippen LogP contribution is 2.28. The largest absolute Gasteiger partial charge is 0.479 e. The molecule has 0 radical (unpaired) electrons. The zero-order valence-corrected chi connectivity index (χ0v) is 17.3. The van der Waals surface area contributed by atoms with E-state index in [1.54, 1.807) is 24.9 Å². The van der Waals surface area contributed by atoms with Crippen molar-refractivity contribution in [3.8, 4) is 0 Å². The van der Waals surface area contributed by atoms with E-state index in [0.717, 1.165) is 0 Å². The number of nitrogens with zero attached hydrogens (tertiary/aromatic N) is 4. The number of nitrogens with one attached hydrogen (secondary N) is 1. The van der Waals surface area contributed by atoms with Gasteiger partial charge in [0, 0.05) is 7.05 Å². The molecule has 2 atom stereocenters. The Morgan fingerprint density at radius 3 is 2.45 bits per heavy atom. The molecule has 0 amide bonds. The number of hydrogen-bond donors (Lipinski definition) is 3. The fourth-order valence-electron chi connectivity index (χ4n) is 2.70. The normalized spacial score (nSPS) is 13.8. The maximum atomic E-state index is 11.0. The lowest BCUT2D eigenvalue weighted by Gasteiger charge is -2.25. The van der Waals surface area contributed by atoms with Crippen molar-refractivity contribution in [1.82, 2.24) is 19.5 Å². The van der Waals surface area contributed by atoms with Crippen molar-refractivity contribution in [1.29, 1.82) is 0 Å². The Bertz CT molecular complexity index is 859. The van der Waals surface area contributed by atoms with E-state index in [1.165, 1.54) is 0 Å². The molecule has 2 rings (SSSR count). The van der Waals surface area contributed by atoms with Crippen LogP contribution in [-0.4, -0.2) is 67.5 Å². The van der Waals surface area contributed by atoms with Gasteiger partial charge in [-0.3, -0.25) is 4.57 Å². The Labute approximate surface area is 172 Å². The molecular formula is C17H24ClN5O6. The molecule has 12 heteroatoms. The smallest absolute Gasteiger partial charge is 0.344 e. The quantitative estimate of drug-likeness (QED) is 0.357. The van der Waals surface area contributed by atoms with Crippen LogP contribution in [0, 0.1) is 5.92 Å². The van der Waals surface area contributed by atoms with E-state index < -0.39 is 30.4 Å². The van der Waals surface area contributed by atoms with Crippen LogP contribution in [-0.2, 0) is 19.1 Å². The molecule has 2 aromatic rings. The minimum absolute atomic E-state index is 0.0500. The molecule has 0 aliphatic heterocycles. The van der Waals surface area contributed by atoms with Crippen LogP contribution in [0.15, 0.2) is 6.33 Å². The maximum absolute atomic E-state index is 11.0. The van der Waals surface area contributed by atoms with Gasteiger partial charge in [-0.25, -0.2) is 14.6 Å². The van der Waals surface area contributed by atoms with E-state index >= 15 is 0 Å². The molecule has 0 saturated heterocycles. The first-order valence-corrected chi connectivity index (χ1v) is 9.32. The van der Waals surface area contributed by atoms with E-state index in [2.05, 4.69) is 20.3 Å².